The van der Waals surface area contributed by atoms with Gasteiger partial charge >= 0.3 is 0 Å². The summed E-state index contributed by atoms with van der Waals surface area (Å²) in [7, 11) is 0. The van der Waals surface area contributed by atoms with Crippen LogP contribution in [0, 0.1) is 17.2 Å². The minimum absolute atomic E-state index is 0.246. The van der Waals surface area contributed by atoms with E-state index in [1.807, 2.05) is 13.8 Å². The van der Waals surface area contributed by atoms with Crippen molar-refractivity contribution in [1.82, 2.24) is 0 Å². The summed E-state index contributed by atoms with van der Waals surface area (Å²) in [4.78, 5) is 8.35. The van der Waals surface area contributed by atoms with Gasteiger partial charge in [0.05, 0.1) is 18.1 Å². The molecule has 0 N–H and O–H groups in total. The Labute approximate surface area is 99.3 Å². The third-order valence-corrected chi connectivity index (χ3v) is 2.33. The van der Waals surface area contributed by atoms with Crippen LogP contribution in [0.15, 0.2) is 9.98 Å². The van der Waals surface area contributed by atoms with Gasteiger partial charge in [0.25, 0.3) is 0 Å². The van der Waals surface area contributed by atoms with Crippen molar-refractivity contribution < 1.29 is 0 Å². The zero-order chi connectivity index (χ0) is 12.6. The van der Waals surface area contributed by atoms with E-state index in [0.29, 0.717) is 5.92 Å². The zero-order valence-electron chi connectivity index (χ0n) is 11.1. The van der Waals surface area contributed by atoms with Gasteiger partial charge in [-0.3, -0.25) is 0 Å². The Morgan fingerprint density at radius 2 is 1.94 bits per heavy atom. The number of hydrogen-bond donors (Lipinski definition) is 0. The molecule has 0 rings (SSSR count). The molecule has 0 bridgehead atoms. The van der Waals surface area contributed by atoms with E-state index in [1.54, 1.807) is 0 Å². The summed E-state index contributed by atoms with van der Waals surface area (Å²) in [6, 6.07) is 5.17. The molecule has 3 nitrogen and oxygen atoms in total. The fourth-order valence-electron chi connectivity index (χ4n) is 1.63. The molecule has 0 amide bonds. The van der Waals surface area contributed by atoms with E-state index >= 15 is 0 Å². The molecule has 3 heteroatoms. The Morgan fingerprint density at radius 1 is 1.31 bits per heavy atom. The second kappa shape index (κ2) is 7.19. The monoisotopic (exact) mass is 221 g/mol. The third kappa shape index (κ3) is 6.37. The van der Waals surface area contributed by atoms with Crippen molar-refractivity contribution in [2.75, 3.05) is 0 Å². The molecule has 0 radical (unpaired) electrons. The lowest BCUT2D eigenvalue weighted by molar-refractivity contribution is 0.451. The van der Waals surface area contributed by atoms with E-state index in [4.69, 9.17) is 5.26 Å². The highest BCUT2D eigenvalue weighted by Gasteiger charge is 2.23. The molecule has 0 saturated carbocycles. The zero-order valence-corrected chi connectivity index (χ0v) is 11.1. The van der Waals surface area contributed by atoms with Crippen LogP contribution in [-0.2, 0) is 0 Å². The van der Waals surface area contributed by atoms with Crippen LogP contribution in [0.3, 0.4) is 0 Å². The van der Waals surface area contributed by atoms with Gasteiger partial charge in [-0.05, 0) is 32.6 Å². The Balaban J connectivity index is 4.53. The molecule has 0 saturated heterocycles. The summed E-state index contributed by atoms with van der Waals surface area (Å²) < 4.78 is 0. The second-order valence-corrected chi connectivity index (χ2v) is 4.96. The lowest BCUT2D eigenvalue weighted by atomic mass is 9.93. The first kappa shape index (κ1) is 14.9. The first-order chi connectivity index (χ1) is 7.43. The van der Waals surface area contributed by atoms with E-state index in [1.165, 1.54) is 0 Å². The van der Waals surface area contributed by atoms with Crippen LogP contribution in [-0.4, -0.2) is 17.6 Å². The van der Waals surface area contributed by atoms with E-state index < -0.39 is 5.54 Å². The largest absolute Gasteiger partial charge is 0.223 e. The van der Waals surface area contributed by atoms with Crippen molar-refractivity contribution in [2.24, 2.45) is 15.9 Å². The molecular weight excluding hydrogens is 198 g/mol. The number of aliphatic imine (C=N–C) groups is 2. The maximum absolute atomic E-state index is 9.08. The maximum atomic E-state index is 9.08. The predicted octanol–water partition coefficient (Wildman–Crippen LogP) is 3.68. The molecule has 2 atom stereocenters. The molecule has 0 spiro atoms. The van der Waals surface area contributed by atoms with E-state index in [-0.39, 0.29) is 6.04 Å². The van der Waals surface area contributed by atoms with Gasteiger partial charge in [0, 0.05) is 0 Å². The normalized spacial score (nSPS) is 15.8. The minimum atomic E-state index is -0.677. The van der Waals surface area contributed by atoms with Gasteiger partial charge in [0.15, 0.2) is 5.54 Å². The van der Waals surface area contributed by atoms with Crippen molar-refractivity contribution in [3.05, 3.63) is 0 Å². The lowest BCUT2D eigenvalue weighted by Gasteiger charge is -2.16. The molecule has 0 heterocycles. The van der Waals surface area contributed by atoms with E-state index in [2.05, 4.69) is 42.8 Å². The van der Waals surface area contributed by atoms with Crippen molar-refractivity contribution in [3.8, 4) is 6.07 Å². The molecule has 0 fully saturated rings. The Hall–Kier alpha value is -1.13. The van der Waals surface area contributed by atoms with Crippen LogP contribution in [0.2, 0.25) is 0 Å². The van der Waals surface area contributed by atoms with Gasteiger partial charge in [0.1, 0.15) is 0 Å². The number of hydrogen-bond acceptors (Lipinski definition) is 3. The average Bonchev–Trinajstić information content (AvgIpc) is 2.17. The fraction of sp³-hybridized carbons (Fsp3) is 0.846. The van der Waals surface area contributed by atoms with E-state index in [0.717, 1.165) is 19.3 Å². The number of nitriles is 1. The van der Waals surface area contributed by atoms with E-state index in [9.17, 15) is 0 Å². The van der Waals surface area contributed by atoms with Gasteiger partial charge in [0.2, 0.25) is 0 Å². The van der Waals surface area contributed by atoms with Crippen molar-refractivity contribution in [1.29, 1.82) is 5.26 Å². The summed E-state index contributed by atoms with van der Waals surface area (Å²) in [5.41, 5.74) is -0.677. The van der Waals surface area contributed by atoms with Crippen LogP contribution in [0.4, 0.5) is 0 Å². The average molecular weight is 221 g/mol. The van der Waals surface area contributed by atoms with Crippen LogP contribution < -0.4 is 0 Å². The third-order valence-electron chi connectivity index (χ3n) is 2.33. The summed E-state index contributed by atoms with van der Waals surface area (Å²) >= 11 is 0. The molecule has 0 aliphatic carbocycles. The predicted molar refractivity (Wildman–Crippen MR) is 67.7 cm³/mol. The Bertz CT molecular complexity index is 295. The highest BCUT2D eigenvalue weighted by Crippen LogP contribution is 2.19. The lowest BCUT2D eigenvalue weighted by Crippen LogP contribution is -2.21. The molecule has 2 unspecified atom stereocenters. The van der Waals surface area contributed by atoms with Gasteiger partial charge in [-0.1, -0.05) is 27.2 Å². The maximum Gasteiger partial charge on any atom is 0.155 e. The minimum Gasteiger partial charge on any atom is -0.223 e. The van der Waals surface area contributed by atoms with Crippen LogP contribution in [0.5, 0.6) is 0 Å². The molecule has 0 aromatic heterocycles. The fourth-order valence-corrected chi connectivity index (χ4v) is 1.63. The second-order valence-electron chi connectivity index (χ2n) is 4.96. The first-order valence-electron chi connectivity index (χ1n) is 6.01. The topological polar surface area (TPSA) is 48.5 Å². The van der Waals surface area contributed by atoms with Crippen molar-refractivity contribution in [3.63, 3.8) is 0 Å². The van der Waals surface area contributed by atoms with Crippen molar-refractivity contribution in [2.45, 2.75) is 65.5 Å². The van der Waals surface area contributed by atoms with Gasteiger partial charge in [-0.25, -0.2) is 9.98 Å². The summed E-state index contributed by atoms with van der Waals surface area (Å²) in [6.07, 6.45) is 2.89. The van der Waals surface area contributed by atoms with Gasteiger partial charge in [-0.2, -0.15) is 5.26 Å². The smallest absolute Gasteiger partial charge is 0.155 e. The quantitative estimate of drug-likeness (QED) is 0.631. The van der Waals surface area contributed by atoms with Crippen LogP contribution in [0.1, 0.15) is 53.9 Å². The SMILES string of the molecule is CCCC(C)N=C=NC(C)(C#N)CC(C)C. The first-order valence-corrected chi connectivity index (χ1v) is 6.01. The highest BCUT2D eigenvalue weighted by molar-refractivity contribution is 5.44. The molecule has 0 aliphatic rings. The Kier molecular flexibility index (Phi) is 6.69. The summed E-state index contributed by atoms with van der Waals surface area (Å²) in [6.45, 7) is 10.2. The molecule has 90 valence electrons. The van der Waals surface area contributed by atoms with Gasteiger partial charge < -0.3 is 0 Å². The summed E-state index contributed by atoms with van der Waals surface area (Å²) in [5.74, 6) is 0.447. The summed E-state index contributed by atoms with van der Waals surface area (Å²) in [5, 5.41) is 9.08. The van der Waals surface area contributed by atoms with Crippen LogP contribution in [0.25, 0.3) is 0 Å². The Morgan fingerprint density at radius 3 is 2.38 bits per heavy atom. The molecule has 0 aliphatic heterocycles. The highest BCUT2D eigenvalue weighted by atomic mass is 14.9. The molecule has 0 aromatic rings. The standard InChI is InChI=1S/C13H23N3/c1-6-7-12(4)15-10-16-13(5,9-14)8-11(2)3/h11-12H,6-8H2,1-5H3. The van der Waals surface area contributed by atoms with Gasteiger partial charge in [-0.15, -0.1) is 0 Å². The van der Waals surface area contributed by atoms with Crippen molar-refractivity contribution >= 4 is 6.01 Å². The van der Waals surface area contributed by atoms with Crippen LogP contribution >= 0.6 is 0 Å². The number of nitrogens with zero attached hydrogens (tertiary/aromatic N) is 3. The molecule has 0 aromatic carbocycles. The number of rotatable bonds is 6. The molecular formula is C13H23N3. The molecule has 16 heavy (non-hydrogen) atoms.